The molecule has 0 amide bonds. The van der Waals surface area contributed by atoms with Crippen LogP contribution in [0.3, 0.4) is 0 Å². The van der Waals surface area contributed by atoms with Crippen LogP contribution < -0.4 is 0 Å². The first-order valence-electron chi connectivity index (χ1n) is 8.12. The number of carbonyl (C=O) groups excluding carboxylic acids is 2. The highest BCUT2D eigenvalue weighted by Gasteiger charge is 2.59. The van der Waals surface area contributed by atoms with E-state index in [-0.39, 0.29) is 12.7 Å². The van der Waals surface area contributed by atoms with Crippen molar-refractivity contribution in [1.29, 1.82) is 0 Å². The van der Waals surface area contributed by atoms with E-state index in [1.54, 1.807) is 6.92 Å². The molecule has 0 spiro atoms. The van der Waals surface area contributed by atoms with Crippen LogP contribution in [0.1, 0.15) is 38.7 Å². The molecule has 0 heterocycles. The van der Waals surface area contributed by atoms with Crippen LogP contribution in [-0.4, -0.2) is 31.3 Å². The third kappa shape index (κ3) is 4.10. The molecule has 23 heavy (non-hydrogen) atoms. The number of carbonyl (C=O) groups is 2. The first kappa shape index (κ1) is 17.5. The normalized spacial score (nSPS) is 23.0. The highest BCUT2D eigenvalue weighted by atomic mass is 16.6. The van der Waals surface area contributed by atoms with Crippen molar-refractivity contribution in [2.24, 2.45) is 5.41 Å². The largest absolute Gasteiger partial charge is 0.465 e. The summed E-state index contributed by atoms with van der Waals surface area (Å²) in [5.74, 6) is -0.988. The van der Waals surface area contributed by atoms with Gasteiger partial charge in [-0.1, -0.05) is 37.3 Å². The van der Waals surface area contributed by atoms with Gasteiger partial charge in [-0.05, 0) is 18.9 Å². The summed E-state index contributed by atoms with van der Waals surface area (Å²) in [7, 11) is 0. The quantitative estimate of drug-likeness (QED) is 0.544. The Balaban J connectivity index is 1.92. The van der Waals surface area contributed by atoms with E-state index in [0.717, 1.165) is 12.0 Å². The molecule has 1 aromatic rings. The molecule has 1 saturated carbocycles. The maximum Gasteiger partial charge on any atom is 0.323 e. The van der Waals surface area contributed by atoms with Crippen molar-refractivity contribution in [1.82, 2.24) is 0 Å². The van der Waals surface area contributed by atoms with Crippen LogP contribution in [0, 0.1) is 5.41 Å². The SMILES string of the molecule is CCCOC(=O)C1(C(=O)OCC)CC(OCc2ccccc2)C1. The summed E-state index contributed by atoms with van der Waals surface area (Å²) in [6.07, 6.45) is 1.23. The van der Waals surface area contributed by atoms with Crippen molar-refractivity contribution in [3.05, 3.63) is 35.9 Å². The molecular weight excluding hydrogens is 296 g/mol. The summed E-state index contributed by atoms with van der Waals surface area (Å²) in [6, 6.07) is 9.80. The number of ether oxygens (including phenoxy) is 3. The van der Waals surface area contributed by atoms with Gasteiger partial charge in [-0.3, -0.25) is 9.59 Å². The maximum absolute atomic E-state index is 12.3. The van der Waals surface area contributed by atoms with E-state index in [2.05, 4.69) is 0 Å². The second-order valence-electron chi connectivity index (χ2n) is 5.77. The van der Waals surface area contributed by atoms with Crippen LogP contribution in [0.15, 0.2) is 30.3 Å². The van der Waals surface area contributed by atoms with Crippen LogP contribution in [0.2, 0.25) is 0 Å². The summed E-state index contributed by atoms with van der Waals surface area (Å²) >= 11 is 0. The lowest BCUT2D eigenvalue weighted by Crippen LogP contribution is -2.54. The molecule has 0 bridgehead atoms. The zero-order valence-electron chi connectivity index (χ0n) is 13.7. The van der Waals surface area contributed by atoms with Crippen LogP contribution in [0.5, 0.6) is 0 Å². The molecule has 0 aromatic heterocycles. The van der Waals surface area contributed by atoms with Crippen molar-refractivity contribution < 1.29 is 23.8 Å². The fourth-order valence-corrected chi connectivity index (χ4v) is 2.64. The molecule has 1 fully saturated rings. The minimum atomic E-state index is -1.19. The first-order chi connectivity index (χ1) is 11.1. The Labute approximate surface area is 136 Å². The number of hydrogen-bond donors (Lipinski definition) is 0. The second kappa shape index (κ2) is 8.11. The van der Waals surface area contributed by atoms with Crippen molar-refractivity contribution in [3.8, 4) is 0 Å². The van der Waals surface area contributed by atoms with Gasteiger partial charge >= 0.3 is 11.9 Å². The van der Waals surface area contributed by atoms with Gasteiger partial charge in [-0.2, -0.15) is 0 Å². The molecule has 0 atom stereocenters. The average Bonchev–Trinajstić information content (AvgIpc) is 2.52. The zero-order chi connectivity index (χ0) is 16.7. The molecular formula is C18H24O5. The molecule has 1 aliphatic carbocycles. The predicted molar refractivity (Wildman–Crippen MR) is 84.6 cm³/mol. The van der Waals surface area contributed by atoms with Gasteiger partial charge in [0.1, 0.15) is 0 Å². The molecule has 1 aromatic carbocycles. The fourth-order valence-electron chi connectivity index (χ4n) is 2.64. The summed E-state index contributed by atoms with van der Waals surface area (Å²) in [5, 5.41) is 0. The Kier molecular flexibility index (Phi) is 6.16. The van der Waals surface area contributed by atoms with Crippen molar-refractivity contribution >= 4 is 11.9 Å². The zero-order valence-corrected chi connectivity index (χ0v) is 13.7. The molecule has 126 valence electrons. The van der Waals surface area contributed by atoms with Crippen LogP contribution in [0.25, 0.3) is 0 Å². The van der Waals surface area contributed by atoms with Crippen LogP contribution in [0.4, 0.5) is 0 Å². The molecule has 0 aliphatic heterocycles. The molecule has 0 unspecified atom stereocenters. The van der Waals surface area contributed by atoms with Crippen molar-refractivity contribution in [2.75, 3.05) is 13.2 Å². The molecule has 5 heteroatoms. The lowest BCUT2D eigenvalue weighted by atomic mass is 9.66. The second-order valence-corrected chi connectivity index (χ2v) is 5.77. The van der Waals surface area contributed by atoms with E-state index in [0.29, 0.717) is 26.1 Å². The Morgan fingerprint density at radius 3 is 2.35 bits per heavy atom. The van der Waals surface area contributed by atoms with Gasteiger partial charge < -0.3 is 14.2 Å². The molecule has 2 rings (SSSR count). The highest BCUT2D eigenvalue weighted by molar-refractivity contribution is 6.01. The number of esters is 2. The molecule has 5 nitrogen and oxygen atoms in total. The number of rotatable bonds is 8. The summed E-state index contributed by atoms with van der Waals surface area (Å²) in [6.45, 7) is 4.67. The minimum absolute atomic E-state index is 0.131. The molecule has 0 radical (unpaired) electrons. The Morgan fingerprint density at radius 1 is 1.09 bits per heavy atom. The monoisotopic (exact) mass is 320 g/mol. The molecule has 1 aliphatic rings. The van der Waals surface area contributed by atoms with E-state index < -0.39 is 17.4 Å². The maximum atomic E-state index is 12.3. The Hall–Kier alpha value is -1.88. The van der Waals surface area contributed by atoms with E-state index >= 15 is 0 Å². The van der Waals surface area contributed by atoms with Crippen LogP contribution in [-0.2, 0) is 30.4 Å². The van der Waals surface area contributed by atoms with Crippen molar-refractivity contribution in [2.45, 2.75) is 45.8 Å². The molecule has 0 saturated heterocycles. The summed E-state index contributed by atoms with van der Waals surface area (Å²) in [5.41, 5.74) is -0.123. The van der Waals surface area contributed by atoms with E-state index in [9.17, 15) is 9.59 Å². The van der Waals surface area contributed by atoms with Crippen molar-refractivity contribution in [3.63, 3.8) is 0 Å². The van der Waals surface area contributed by atoms with Crippen LogP contribution >= 0.6 is 0 Å². The number of hydrogen-bond acceptors (Lipinski definition) is 5. The van der Waals surface area contributed by atoms with Gasteiger partial charge in [0.15, 0.2) is 5.41 Å². The Bertz CT molecular complexity index is 519. The van der Waals surface area contributed by atoms with Gasteiger partial charge in [0.2, 0.25) is 0 Å². The van der Waals surface area contributed by atoms with Gasteiger partial charge in [0, 0.05) is 12.8 Å². The standard InChI is InChI=1S/C18H24O5/c1-3-10-22-17(20)18(16(19)21-4-2)11-15(12-18)23-13-14-8-6-5-7-9-14/h5-9,15H,3-4,10-13H2,1-2H3. The van der Waals surface area contributed by atoms with E-state index in [1.165, 1.54) is 0 Å². The summed E-state index contributed by atoms with van der Waals surface area (Å²) in [4.78, 5) is 24.5. The third-order valence-electron chi connectivity index (χ3n) is 3.97. The predicted octanol–water partition coefficient (Wildman–Crippen LogP) is 2.87. The lowest BCUT2D eigenvalue weighted by molar-refractivity contribution is -0.192. The smallest absolute Gasteiger partial charge is 0.323 e. The van der Waals surface area contributed by atoms with E-state index in [4.69, 9.17) is 14.2 Å². The topological polar surface area (TPSA) is 61.8 Å². The minimum Gasteiger partial charge on any atom is -0.465 e. The third-order valence-corrected chi connectivity index (χ3v) is 3.97. The highest BCUT2D eigenvalue weighted by Crippen LogP contribution is 2.45. The van der Waals surface area contributed by atoms with Gasteiger partial charge in [0.05, 0.1) is 25.9 Å². The average molecular weight is 320 g/mol. The summed E-state index contributed by atoms with van der Waals surface area (Å²) < 4.78 is 16.0. The van der Waals surface area contributed by atoms with Gasteiger partial charge in [-0.25, -0.2) is 0 Å². The number of benzene rings is 1. The lowest BCUT2D eigenvalue weighted by Gasteiger charge is -2.42. The van der Waals surface area contributed by atoms with Gasteiger partial charge in [0.25, 0.3) is 0 Å². The molecule has 0 N–H and O–H groups in total. The van der Waals surface area contributed by atoms with E-state index in [1.807, 2.05) is 37.3 Å². The first-order valence-corrected chi connectivity index (χ1v) is 8.12. The van der Waals surface area contributed by atoms with Gasteiger partial charge in [-0.15, -0.1) is 0 Å². The Morgan fingerprint density at radius 2 is 1.74 bits per heavy atom. The fraction of sp³-hybridized carbons (Fsp3) is 0.556.